The number of nitrogens with zero attached hydrogens (tertiary/aromatic N) is 1. The molecule has 3 aromatic rings. The van der Waals surface area contributed by atoms with E-state index in [1.54, 1.807) is 11.8 Å². The quantitative estimate of drug-likeness (QED) is 0.304. The summed E-state index contributed by atoms with van der Waals surface area (Å²) in [5.74, 6) is 1.07. The molecule has 0 radical (unpaired) electrons. The van der Waals surface area contributed by atoms with Crippen LogP contribution in [0.25, 0.3) is 0 Å². The Labute approximate surface area is 232 Å². The first kappa shape index (κ1) is 28.0. The highest BCUT2D eigenvalue weighted by Gasteiger charge is 2.31. The first-order chi connectivity index (χ1) is 18.5. The summed E-state index contributed by atoms with van der Waals surface area (Å²) in [5.41, 5.74) is 5.69. The summed E-state index contributed by atoms with van der Waals surface area (Å²) in [7, 11) is 0. The standard InChI is InChI=1S/C33H40N2O2S/c1-25-16-18-28(19-17-25)23-38-24-32(36)35(22-29-13-9-10-26(2)20-29)31(21-27-11-5-3-6-12-27)33(37)34-30-14-7-4-8-15-30/h3,5-6,9-13,16-20,30-31H,4,7-8,14-15,21-24H2,1-2H3,(H,34,37). The van der Waals surface area contributed by atoms with Crippen molar-refractivity contribution in [2.24, 2.45) is 0 Å². The molecule has 0 saturated heterocycles. The first-order valence-corrected chi connectivity index (χ1v) is 15.0. The molecule has 0 heterocycles. The number of hydrogen-bond donors (Lipinski definition) is 1. The maximum atomic E-state index is 13.8. The summed E-state index contributed by atoms with van der Waals surface area (Å²) in [6, 6.07) is 26.4. The molecule has 0 bridgehead atoms. The second kappa shape index (κ2) is 14.2. The average molecular weight is 529 g/mol. The predicted octanol–water partition coefficient (Wildman–Crippen LogP) is 6.63. The van der Waals surface area contributed by atoms with Crippen LogP contribution in [0.5, 0.6) is 0 Å². The molecule has 1 unspecified atom stereocenters. The van der Waals surface area contributed by atoms with Gasteiger partial charge in [-0.15, -0.1) is 11.8 Å². The van der Waals surface area contributed by atoms with Crippen LogP contribution < -0.4 is 5.32 Å². The van der Waals surface area contributed by atoms with Crippen molar-refractivity contribution in [3.05, 3.63) is 107 Å². The van der Waals surface area contributed by atoms with Crippen LogP contribution in [-0.2, 0) is 28.3 Å². The van der Waals surface area contributed by atoms with Crippen LogP contribution in [0.3, 0.4) is 0 Å². The molecule has 1 fully saturated rings. The number of rotatable bonds is 11. The molecule has 1 saturated carbocycles. The Morgan fingerprint density at radius 1 is 0.842 bits per heavy atom. The van der Waals surface area contributed by atoms with E-state index in [1.165, 1.54) is 17.5 Å². The predicted molar refractivity (Wildman–Crippen MR) is 158 cm³/mol. The molecule has 38 heavy (non-hydrogen) atoms. The number of benzene rings is 3. The van der Waals surface area contributed by atoms with Crippen molar-refractivity contribution in [2.45, 2.75) is 76.8 Å². The van der Waals surface area contributed by atoms with Gasteiger partial charge in [0.15, 0.2) is 0 Å². The lowest BCUT2D eigenvalue weighted by Crippen LogP contribution is -2.53. The number of hydrogen-bond acceptors (Lipinski definition) is 3. The lowest BCUT2D eigenvalue weighted by atomic mass is 9.94. The normalized spacial score (nSPS) is 14.6. The molecule has 4 rings (SSSR count). The van der Waals surface area contributed by atoms with Crippen LogP contribution in [0.1, 0.15) is 59.9 Å². The summed E-state index contributed by atoms with van der Waals surface area (Å²) in [6.45, 7) is 4.56. The maximum absolute atomic E-state index is 13.8. The third kappa shape index (κ3) is 8.49. The number of aryl methyl sites for hydroxylation is 2. The zero-order valence-electron chi connectivity index (χ0n) is 22.7. The van der Waals surface area contributed by atoms with Crippen LogP contribution in [0.4, 0.5) is 0 Å². The number of nitrogens with one attached hydrogen (secondary N) is 1. The van der Waals surface area contributed by atoms with Gasteiger partial charge in [-0.2, -0.15) is 0 Å². The SMILES string of the molecule is Cc1ccc(CSCC(=O)N(Cc2cccc(C)c2)C(Cc2ccccc2)C(=O)NC2CCCCC2)cc1. The minimum absolute atomic E-state index is 0.00310. The largest absolute Gasteiger partial charge is 0.352 e. The van der Waals surface area contributed by atoms with Crippen LogP contribution in [0.15, 0.2) is 78.9 Å². The van der Waals surface area contributed by atoms with E-state index in [4.69, 9.17) is 0 Å². The summed E-state index contributed by atoms with van der Waals surface area (Å²) >= 11 is 1.61. The van der Waals surface area contributed by atoms with Gasteiger partial charge in [0.1, 0.15) is 6.04 Å². The fourth-order valence-corrected chi connectivity index (χ4v) is 6.00. The zero-order valence-corrected chi connectivity index (χ0v) is 23.5. The summed E-state index contributed by atoms with van der Waals surface area (Å²) in [4.78, 5) is 29.5. The van der Waals surface area contributed by atoms with Crippen molar-refractivity contribution < 1.29 is 9.59 Å². The Bertz CT molecular complexity index is 1170. The second-order valence-corrected chi connectivity index (χ2v) is 11.5. The van der Waals surface area contributed by atoms with E-state index in [2.05, 4.69) is 55.6 Å². The average Bonchev–Trinajstić information content (AvgIpc) is 2.93. The minimum atomic E-state index is -0.563. The van der Waals surface area contributed by atoms with Crippen LogP contribution in [0.2, 0.25) is 0 Å². The number of carbonyl (C=O) groups excluding carboxylic acids is 2. The Morgan fingerprint density at radius 3 is 2.26 bits per heavy atom. The van der Waals surface area contributed by atoms with Gasteiger partial charge in [-0.05, 0) is 43.4 Å². The van der Waals surface area contributed by atoms with Gasteiger partial charge < -0.3 is 10.2 Å². The van der Waals surface area contributed by atoms with Crippen molar-refractivity contribution >= 4 is 23.6 Å². The lowest BCUT2D eigenvalue weighted by Gasteiger charge is -2.33. The molecule has 3 aromatic carbocycles. The number of thioether (sulfide) groups is 1. The highest BCUT2D eigenvalue weighted by atomic mass is 32.2. The van der Waals surface area contributed by atoms with Gasteiger partial charge in [-0.25, -0.2) is 0 Å². The van der Waals surface area contributed by atoms with Gasteiger partial charge in [-0.1, -0.05) is 109 Å². The lowest BCUT2D eigenvalue weighted by molar-refractivity contribution is -0.139. The third-order valence-electron chi connectivity index (χ3n) is 7.27. The molecule has 1 aliphatic carbocycles. The fourth-order valence-electron chi connectivity index (χ4n) is 5.13. The van der Waals surface area contributed by atoms with E-state index in [-0.39, 0.29) is 17.9 Å². The van der Waals surface area contributed by atoms with E-state index in [0.717, 1.165) is 48.1 Å². The molecule has 1 N–H and O–H groups in total. The zero-order chi connectivity index (χ0) is 26.7. The Morgan fingerprint density at radius 2 is 1.55 bits per heavy atom. The van der Waals surface area contributed by atoms with Crippen molar-refractivity contribution in [2.75, 3.05) is 5.75 Å². The van der Waals surface area contributed by atoms with Gasteiger partial charge >= 0.3 is 0 Å². The molecular weight excluding hydrogens is 488 g/mol. The highest BCUT2D eigenvalue weighted by Crippen LogP contribution is 2.21. The van der Waals surface area contributed by atoms with Crippen molar-refractivity contribution in [1.29, 1.82) is 0 Å². The van der Waals surface area contributed by atoms with E-state index < -0.39 is 6.04 Å². The van der Waals surface area contributed by atoms with Gasteiger partial charge in [0.25, 0.3) is 0 Å². The monoisotopic (exact) mass is 528 g/mol. The Kier molecular flexibility index (Phi) is 10.5. The van der Waals surface area contributed by atoms with Gasteiger partial charge in [0.05, 0.1) is 5.75 Å². The molecule has 0 aliphatic heterocycles. The summed E-state index contributed by atoms with van der Waals surface area (Å²) < 4.78 is 0. The van der Waals surface area contributed by atoms with E-state index >= 15 is 0 Å². The van der Waals surface area contributed by atoms with Crippen LogP contribution in [-0.4, -0.2) is 34.6 Å². The van der Waals surface area contributed by atoms with Gasteiger partial charge in [0, 0.05) is 24.8 Å². The summed E-state index contributed by atoms with van der Waals surface area (Å²) in [6.07, 6.45) is 6.06. The molecule has 0 spiro atoms. The van der Waals surface area contributed by atoms with E-state index in [1.807, 2.05) is 47.4 Å². The smallest absolute Gasteiger partial charge is 0.243 e. The van der Waals surface area contributed by atoms with E-state index in [9.17, 15) is 9.59 Å². The van der Waals surface area contributed by atoms with E-state index in [0.29, 0.717) is 18.7 Å². The third-order valence-corrected chi connectivity index (χ3v) is 8.26. The van der Waals surface area contributed by atoms with Crippen LogP contribution >= 0.6 is 11.8 Å². The topological polar surface area (TPSA) is 49.4 Å². The second-order valence-electron chi connectivity index (χ2n) is 10.5. The molecule has 4 nitrogen and oxygen atoms in total. The van der Waals surface area contributed by atoms with Crippen molar-refractivity contribution in [3.8, 4) is 0 Å². The molecule has 200 valence electrons. The Balaban J connectivity index is 1.56. The molecule has 1 atom stereocenters. The minimum Gasteiger partial charge on any atom is -0.352 e. The van der Waals surface area contributed by atoms with Gasteiger partial charge in [0.2, 0.25) is 11.8 Å². The first-order valence-electron chi connectivity index (χ1n) is 13.8. The highest BCUT2D eigenvalue weighted by molar-refractivity contribution is 7.99. The Hall–Kier alpha value is -3.05. The van der Waals surface area contributed by atoms with Crippen LogP contribution in [0, 0.1) is 13.8 Å². The van der Waals surface area contributed by atoms with Gasteiger partial charge in [-0.3, -0.25) is 9.59 Å². The molecule has 0 aromatic heterocycles. The molecular formula is C33H40N2O2S. The number of carbonyl (C=O) groups is 2. The fraction of sp³-hybridized carbons (Fsp3) is 0.394. The van der Waals surface area contributed by atoms with Crippen molar-refractivity contribution in [3.63, 3.8) is 0 Å². The molecule has 1 aliphatic rings. The van der Waals surface area contributed by atoms with Crippen molar-refractivity contribution in [1.82, 2.24) is 10.2 Å². The molecule has 5 heteroatoms. The summed E-state index contributed by atoms with van der Waals surface area (Å²) in [5, 5.41) is 3.32. The number of amides is 2. The maximum Gasteiger partial charge on any atom is 0.243 e. The molecule has 2 amide bonds.